The Morgan fingerprint density at radius 1 is 1.12 bits per heavy atom. The summed E-state index contributed by atoms with van der Waals surface area (Å²) in [5, 5.41) is 12.0. The molecule has 2 heterocycles. The van der Waals surface area contributed by atoms with Gasteiger partial charge < -0.3 is 9.47 Å². The molecule has 0 fully saturated rings. The second-order valence-corrected chi connectivity index (χ2v) is 7.29. The molecule has 2 aromatic carbocycles. The van der Waals surface area contributed by atoms with Gasteiger partial charge in [0.1, 0.15) is 23.9 Å². The number of pyridine rings is 1. The lowest BCUT2D eigenvalue weighted by molar-refractivity contribution is -0.385. The first-order valence-corrected chi connectivity index (χ1v) is 9.98. The topological polar surface area (TPSA) is 92.3 Å². The summed E-state index contributed by atoms with van der Waals surface area (Å²) in [5.74, 6) is 1.14. The standard InChI is InChI=1S/C24H22N4O4/c1-16-13-25-10-9-20(16)24-26-17(2)14-27(24)21-11-19(12-22(31-3)23(21)28(29)30)32-15-18-7-5-4-6-8-18/h4-14H,15H2,1-3H3. The van der Waals surface area contributed by atoms with Gasteiger partial charge in [0.25, 0.3) is 0 Å². The molecule has 4 rings (SSSR count). The van der Waals surface area contributed by atoms with E-state index in [4.69, 9.17) is 9.47 Å². The predicted molar refractivity (Wildman–Crippen MR) is 120 cm³/mol. The monoisotopic (exact) mass is 430 g/mol. The third-order valence-corrected chi connectivity index (χ3v) is 5.03. The van der Waals surface area contributed by atoms with E-state index >= 15 is 0 Å². The van der Waals surface area contributed by atoms with Crippen LogP contribution in [0, 0.1) is 24.0 Å². The van der Waals surface area contributed by atoms with Crippen LogP contribution in [0.4, 0.5) is 5.69 Å². The van der Waals surface area contributed by atoms with Gasteiger partial charge >= 0.3 is 5.69 Å². The summed E-state index contributed by atoms with van der Waals surface area (Å²) < 4.78 is 13.0. The zero-order valence-corrected chi connectivity index (χ0v) is 18.0. The van der Waals surface area contributed by atoms with Gasteiger partial charge in [-0.1, -0.05) is 30.3 Å². The Kier molecular flexibility index (Phi) is 5.85. The number of methoxy groups -OCH3 is 1. The predicted octanol–water partition coefficient (Wildman–Crippen LogP) is 5.05. The minimum absolute atomic E-state index is 0.110. The first-order valence-electron chi connectivity index (χ1n) is 9.98. The number of hydrogen-bond acceptors (Lipinski definition) is 6. The van der Waals surface area contributed by atoms with E-state index in [0.717, 1.165) is 22.4 Å². The summed E-state index contributed by atoms with van der Waals surface area (Å²) in [6, 6.07) is 14.7. The van der Waals surface area contributed by atoms with Crippen LogP contribution in [-0.2, 0) is 6.61 Å². The number of benzene rings is 2. The number of hydrogen-bond donors (Lipinski definition) is 0. The van der Waals surface area contributed by atoms with Crippen molar-refractivity contribution >= 4 is 5.69 Å². The largest absolute Gasteiger partial charge is 0.490 e. The van der Waals surface area contributed by atoms with Gasteiger partial charge in [-0.05, 0) is 31.0 Å². The van der Waals surface area contributed by atoms with Crippen molar-refractivity contribution in [2.45, 2.75) is 20.5 Å². The first-order chi connectivity index (χ1) is 15.5. The highest BCUT2D eigenvalue weighted by molar-refractivity contribution is 5.70. The van der Waals surface area contributed by atoms with Gasteiger partial charge in [0.15, 0.2) is 0 Å². The maximum atomic E-state index is 12.0. The number of nitro benzene ring substituents is 1. The summed E-state index contributed by atoms with van der Waals surface area (Å²) in [7, 11) is 1.40. The highest BCUT2D eigenvalue weighted by Gasteiger charge is 2.27. The summed E-state index contributed by atoms with van der Waals surface area (Å²) >= 11 is 0. The average Bonchev–Trinajstić information content (AvgIpc) is 3.19. The number of aromatic nitrogens is 3. The Labute approximate surface area is 185 Å². The molecule has 0 radical (unpaired) electrons. The van der Waals surface area contributed by atoms with E-state index in [0.29, 0.717) is 23.9 Å². The van der Waals surface area contributed by atoms with E-state index < -0.39 is 4.92 Å². The van der Waals surface area contributed by atoms with E-state index in [1.165, 1.54) is 13.2 Å². The van der Waals surface area contributed by atoms with Crippen LogP contribution in [0.5, 0.6) is 11.5 Å². The zero-order chi connectivity index (χ0) is 22.7. The molecule has 32 heavy (non-hydrogen) atoms. The molecule has 0 aliphatic heterocycles. The lowest BCUT2D eigenvalue weighted by Crippen LogP contribution is -2.05. The second kappa shape index (κ2) is 8.89. The van der Waals surface area contributed by atoms with E-state index in [1.807, 2.05) is 50.2 Å². The van der Waals surface area contributed by atoms with Crippen molar-refractivity contribution in [1.82, 2.24) is 14.5 Å². The summed E-state index contributed by atoms with van der Waals surface area (Å²) in [6.07, 6.45) is 5.17. The molecule has 0 amide bonds. The van der Waals surface area contributed by atoms with Gasteiger partial charge in [0.05, 0.1) is 17.7 Å². The average molecular weight is 430 g/mol. The summed E-state index contributed by atoms with van der Waals surface area (Å²) in [4.78, 5) is 20.3. The third kappa shape index (κ3) is 4.15. The second-order valence-electron chi connectivity index (χ2n) is 7.29. The number of nitrogens with zero attached hydrogens (tertiary/aromatic N) is 4. The van der Waals surface area contributed by atoms with Crippen LogP contribution in [-0.4, -0.2) is 26.6 Å². The maximum Gasteiger partial charge on any atom is 0.334 e. The molecule has 2 aromatic heterocycles. The molecule has 0 aliphatic carbocycles. The molecule has 0 atom stereocenters. The normalized spacial score (nSPS) is 10.7. The van der Waals surface area contributed by atoms with Gasteiger partial charge in [-0.25, -0.2) is 4.98 Å². The Balaban J connectivity index is 1.86. The molecular formula is C24H22N4O4. The van der Waals surface area contributed by atoms with E-state index in [9.17, 15) is 10.1 Å². The molecular weight excluding hydrogens is 408 g/mol. The van der Waals surface area contributed by atoms with Crippen LogP contribution in [0.3, 0.4) is 0 Å². The van der Waals surface area contributed by atoms with Crippen molar-refractivity contribution in [3.05, 3.63) is 94.1 Å². The van der Waals surface area contributed by atoms with Crippen molar-refractivity contribution in [1.29, 1.82) is 0 Å². The molecule has 0 unspecified atom stereocenters. The van der Waals surface area contributed by atoms with E-state index in [-0.39, 0.29) is 11.4 Å². The fourth-order valence-electron chi connectivity index (χ4n) is 3.51. The Hall–Kier alpha value is -4.20. The molecule has 0 saturated heterocycles. The van der Waals surface area contributed by atoms with Crippen LogP contribution < -0.4 is 9.47 Å². The number of ether oxygens (including phenoxy) is 2. The highest BCUT2D eigenvalue weighted by Crippen LogP contribution is 2.40. The van der Waals surface area contributed by atoms with Gasteiger partial charge in [0.2, 0.25) is 5.75 Å². The molecule has 8 heteroatoms. The number of imidazole rings is 1. The van der Waals surface area contributed by atoms with E-state index in [2.05, 4.69) is 9.97 Å². The molecule has 0 N–H and O–H groups in total. The maximum absolute atomic E-state index is 12.0. The van der Waals surface area contributed by atoms with Crippen molar-refractivity contribution in [2.24, 2.45) is 0 Å². The van der Waals surface area contributed by atoms with Crippen molar-refractivity contribution in [2.75, 3.05) is 7.11 Å². The first kappa shape index (κ1) is 21.0. The molecule has 0 saturated carbocycles. The molecule has 0 spiro atoms. The van der Waals surface area contributed by atoms with Gasteiger partial charge in [-0.2, -0.15) is 0 Å². The lowest BCUT2D eigenvalue weighted by Gasteiger charge is -2.14. The zero-order valence-electron chi connectivity index (χ0n) is 18.0. The van der Waals surface area contributed by atoms with Crippen molar-refractivity contribution in [3.63, 3.8) is 0 Å². The van der Waals surface area contributed by atoms with Crippen LogP contribution >= 0.6 is 0 Å². The van der Waals surface area contributed by atoms with Crippen LogP contribution in [0.2, 0.25) is 0 Å². The fraction of sp³-hybridized carbons (Fsp3) is 0.167. The molecule has 8 nitrogen and oxygen atoms in total. The lowest BCUT2D eigenvalue weighted by atomic mass is 10.1. The Morgan fingerprint density at radius 3 is 2.59 bits per heavy atom. The van der Waals surface area contributed by atoms with Gasteiger partial charge in [-0.15, -0.1) is 0 Å². The van der Waals surface area contributed by atoms with Gasteiger partial charge in [-0.3, -0.25) is 19.7 Å². The van der Waals surface area contributed by atoms with Gasteiger partial charge in [0, 0.05) is 36.3 Å². The molecule has 0 bridgehead atoms. The number of nitro groups is 1. The summed E-state index contributed by atoms with van der Waals surface area (Å²) in [6.45, 7) is 4.08. The molecule has 0 aliphatic rings. The SMILES string of the molecule is COc1cc(OCc2ccccc2)cc(-n2cc(C)nc2-c2ccncc2C)c1[N+](=O)[O-]. The third-order valence-electron chi connectivity index (χ3n) is 5.03. The Morgan fingerprint density at radius 2 is 1.91 bits per heavy atom. The van der Waals surface area contributed by atoms with Crippen LogP contribution in [0.25, 0.3) is 17.1 Å². The summed E-state index contributed by atoms with van der Waals surface area (Å²) in [5.41, 5.74) is 3.59. The molecule has 162 valence electrons. The van der Waals surface area contributed by atoms with Crippen molar-refractivity contribution < 1.29 is 14.4 Å². The van der Waals surface area contributed by atoms with Crippen molar-refractivity contribution in [3.8, 4) is 28.6 Å². The Bertz CT molecular complexity index is 1270. The highest BCUT2D eigenvalue weighted by atomic mass is 16.6. The minimum Gasteiger partial charge on any atom is -0.490 e. The van der Waals surface area contributed by atoms with Crippen LogP contribution in [0.15, 0.2) is 67.1 Å². The van der Waals surface area contributed by atoms with E-state index in [1.54, 1.807) is 29.2 Å². The fourth-order valence-corrected chi connectivity index (χ4v) is 3.51. The minimum atomic E-state index is -0.451. The number of rotatable bonds is 7. The van der Waals surface area contributed by atoms with Crippen LogP contribution in [0.1, 0.15) is 16.8 Å². The smallest absolute Gasteiger partial charge is 0.334 e. The molecule has 4 aromatic rings. The number of aryl methyl sites for hydroxylation is 2. The quantitative estimate of drug-likeness (QED) is 0.301.